The first-order valence-corrected chi connectivity index (χ1v) is 9.00. The maximum atomic E-state index is 12.5. The maximum absolute atomic E-state index is 12.5. The van der Waals surface area contributed by atoms with Gasteiger partial charge in [-0.3, -0.25) is 9.59 Å². The molecule has 3 N–H and O–H groups in total. The van der Waals surface area contributed by atoms with Crippen molar-refractivity contribution in [3.8, 4) is 0 Å². The normalized spacial score (nSPS) is 11.3. The van der Waals surface area contributed by atoms with Crippen molar-refractivity contribution in [3.63, 3.8) is 0 Å². The molecule has 8 heteroatoms. The summed E-state index contributed by atoms with van der Waals surface area (Å²) in [4.78, 5) is 26.2. The summed E-state index contributed by atoms with van der Waals surface area (Å²) in [5, 5.41) is 3.33. The van der Waals surface area contributed by atoms with E-state index in [2.05, 4.69) is 5.32 Å². The van der Waals surface area contributed by atoms with Gasteiger partial charge in [0, 0.05) is 19.0 Å². The molecule has 0 fully saturated rings. The molecule has 0 aromatic heterocycles. The van der Waals surface area contributed by atoms with E-state index in [1.165, 1.54) is 4.90 Å². The van der Waals surface area contributed by atoms with Crippen molar-refractivity contribution >= 4 is 53.1 Å². The van der Waals surface area contributed by atoms with E-state index in [1.807, 2.05) is 37.3 Å². The van der Waals surface area contributed by atoms with E-state index in [9.17, 15) is 9.59 Å². The minimum absolute atomic E-state index is 0. The number of anilines is 1. The molecule has 2 rings (SSSR count). The zero-order chi connectivity index (χ0) is 19.1. The van der Waals surface area contributed by atoms with Gasteiger partial charge in [0.05, 0.1) is 22.3 Å². The van der Waals surface area contributed by atoms with Gasteiger partial charge in [0.15, 0.2) is 0 Å². The van der Waals surface area contributed by atoms with Gasteiger partial charge in [0.25, 0.3) is 0 Å². The fraction of sp³-hybridized carbons (Fsp3) is 0.263. The van der Waals surface area contributed by atoms with Gasteiger partial charge in [0.1, 0.15) is 0 Å². The first-order chi connectivity index (χ1) is 12.4. The summed E-state index contributed by atoms with van der Waals surface area (Å²) in [5.41, 5.74) is 7.32. The first kappa shape index (κ1) is 23.2. The van der Waals surface area contributed by atoms with Crippen LogP contribution in [0.25, 0.3) is 0 Å². The third-order valence-corrected chi connectivity index (χ3v) is 4.55. The van der Waals surface area contributed by atoms with Gasteiger partial charge in [0.2, 0.25) is 11.8 Å². The highest BCUT2D eigenvalue weighted by Gasteiger charge is 2.20. The third kappa shape index (κ3) is 6.70. The minimum atomic E-state index is -0.418. The Morgan fingerprint density at radius 1 is 1.07 bits per heavy atom. The zero-order valence-electron chi connectivity index (χ0n) is 14.8. The SMILES string of the molecule is CCN(CC(=O)Nc1c(Cl)cccc1Cl)C(=O)CC(N)c1ccccc1.Cl. The van der Waals surface area contributed by atoms with E-state index in [1.54, 1.807) is 18.2 Å². The van der Waals surface area contributed by atoms with Crippen LogP contribution >= 0.6 is 35.6 Å². The van der Waals surface area contributed by atoms with Gasteiger partial charge < -0.3 is 16.0 Å². The highest BCUT2D eigenvalue weighted by atomic mass is 35.5. The van der Waals surface area contributed by atoms with Crippen molar-refractivity contribution in [2.75, 3.05) is 18.4 Å². The molecule has 146 valence electrons. The molecule has 0 bridgehead atoms. The predicted octanol–water partition coefficient (Wildman–Crippen LogP) is 4.29. The molecular weight excluding hydrogens is 409 g/mol. The lowest BCUT2D eigenvalue weighted by atomic mass is 10.0. The number of para-hydroxylation sites is 1. The standard InChI is InChI=1S/C19H21Cl2N3O2.ClH/c1-2-24(18(26)11-16(22)13-7-4-3-5-8-13)12-17(25)23-19-14(20)9-6-10-15(19)21;/h3-10,16H,2,11-12,22H2,1H3,(H,23,25);1H. The number of rotatable bonds is 7. The number of halogens is 3. The summed E-state index contributed by atoms with van der Waals surface area (Å²) in [6.07, 6.45) is 0.123. The Morgan fingerprint density at radius 2 is 1.67 bits per heavy atom. The molecule has 0 saturated carbocycles. The number of amides is 2. The maximum Gasteiger partial charge on any atom is 0.244 e. The summed E-state index contributed by atoms with van der Waals surface area (Å²) in [6.45, 7) is 2.10. The second-order valence-corrected chi connectivity index (χ2v) is 6.59. The molecule has 1 atom stereocenters. The summed E-state index contributed by atoms with van der Waals surface area (Å²) < 4.78 is 0. The molecule has 0 aliphatic rings. The molecule has 2 aromatic carbocycles. The number of likely N-dealkylation sites (N-methyl/N-ethyl adjacent to an activating group) is 1. The lowest BCUT2D eigenvalue weighted by molar-refractivity contribution is -0.134. The molecule has 2 aromatic rings. The van der Waals surface area contributed by atoms with E-state index in [0.29, 0.717) is 22.3 Å². The van der Waals surface area contributed by atoms with Crippen LogP contribution in [-0.4, -0.2) is 29.8 Å². The number of carbonyl (C=O) groups excluding carboxylic acids is 2. The van der Waals surface area contributed by atoms with Crippen LogP contribution in [0.1, 0.15) is 24.9 Å². The van der Waals surface area contributed by atoms with Crippen LogP contribution in [0.2, 0.25) is 10.0 Å². The number of hydrogen-bond donors (Lipinski definition) is 2. The zero-order valence-corrected chi connectivity index (χ0v) is 17.2. The molecule has 0 radical (unpaired) electrons. The number of carbonyl (C=O) groups is 2. The quantitative estimate of drug-likeness (QED) is 0.688. The van der Waals surface area contributed by atoms with Crippen LogP contribution < -0.4 is 11.1 Å². The smallest absolute Gasteiger partial charge is 0.244 e. The van der Waals surface area contributed by atoms with Crippen LogP contribution in [0.3, 0.4) is 0 Å². The van der Waals surface area contributed by atoms with Gasteiger partial charge in [-0.1, -0.05) is 59.6 Å². The Bertz CT molecular complexity index is 752. The minimum Gasteiger partial charge on any atom is -0.334 e. The monoisotopic (exact) mass is 429 g/mol. The highest BCUT2D eigenvalue weighted by Crippen LogP contribution is 2.29. The van der Waals surface area contributed by atoms with Gasteiger partial charge in [-0.2, -0.15) is 0 Å². The largest absolute Gasteiger partial charge is 0.334 e. The highest BCUT2D eigenvalue weighted by molar-refractivity contribution is 6.39. The Labute approximate surface area is 175 Å². The van der Waals surface area contributed by atoms with Gasteiger partial charge in [-0.05, 0) is 24.6 Å². The second kappa shape index (κ2) is 11.1. The van der Waals surface area contributed by atoms with Crippen LogP contribution in [-0.2, 0) is 9.59 Å². The molecule has 2 amide bonds. The van der Waals surface area contributed by atoms with E-state index < -0.39 is 6.04 Å². The molecular formula is C19H22Cl3N3O2. The summed E-state index contributed by atoms with van der Waals surface area (Å²) in [7, 11) is 0. The molecule has 0 aliphatic heterocycles. The van der Waals surface area contributed by atoms with Crippen LogP contribution in [0.4, 0.5) is 5.69 Å². The summed E-state index contributed by atoms with van der Waals surface area (Å²) in [5.74, 6) is -0.562. The summed E-state index contributed by atoms with van der Waals surface area (Å²) >= 11 is 12.1. The van der Waals surface area contributed by atoms with Crippen molar-refractivity contribution in [2.24, 2.45) is 5.73 Å². The van der Waals surface area contributed by atoms with Crippen molar-refractivity contribution < 1.29 is 9.59 Å². The van der Waals surface area contributed by atoms with Crippen LogP contribution in [0.15, 0.2) is 48.5 Å². The molecule has 0 aliphatic carbocycles. The average Bonchev–Trinajstić information content (AvgIpc) is 2.63. The van der Waals surface area contributed by atoms with E-state index >= 15 is 0 Å². The molecule has 1 unspecified atom stereocenters. The fourth-order valence-corrected chi connectivity index (χ4v) is 2.97. The fourth-order valence-electron chi connectivity index (χ4n) is 2.48. The molecule has 5 nitrogen and oxygen atoms in total. The Morgan fingerprint density at radius 3 is 2.22 bits per heavy atom. The number of nitrogens with zero attached hydrogens (tertiary/aromatic N) is 1. The van der Waals surface area contributed by atoms with Crippen molar-refractivity contribution in [2.45, 2.75) is 19.4 Å². The van der Waals surface area contributed by atoms with Crippen molar-refractivity contribution in [3.05, 3.63) is 64.1 Å². The number of nitrogens with one attached hydrogen (secondary N) is 1. The Kier molecular flexibility index (Phi) is 9.60. The lowest BCUT2D eigenvalue weighted by Gasteiger charge is -2.22. The topological polar surface area (TPSA) is 75.4 Å². The second-order valence-electron chi connectivity index (χ2n) is 5.77. The molecule has 0 spiro atoms. The van der Waals surface area contributed by atoms with Crippen LogP contribution in [0.5, 0.6) is 0 Å². The number of benzene rings is 2. The van der Waals surface area contributed by atoms with Crippen molar-refractivity contribution in [1.82, 2.24) is 4.90 Å². The first-order valence-electron chi connectivity index (χ1n) is 8.24. The van der Waals surface area contributed by atoms with Gasteiger partial charge in [-0.15, -0.1) is 12.4 Å². The molecule has 0 saturated heterocycles. The van der Waals surface area contributed by atoms with E-state index in [4.69, 9.17) is 28.9 Å². The Balaban J connectivity index is 0.00000364. The van der Waals surface area contributed by atoms with Crippen LogP contribution in [0, 0.1) is 0 Å². The van der Waals surface area contributed by atoms with Gasteiger partial charge in [-0.25, -0.2) is 0 Å². The third-order valence-electron chi connectivity index (χ3n) is 3.92. The average molecular weight is 431 g/mol. The van der Waals surface area contributed by atoms with E-state index in [-0.39, 0.29) is 37.2 Å². The number of nitrogens with two attached hydrogens (primary N) is 1. The van der Waals surface area contributed by atoms with Gasteiger partial charge >= 0.3 is 0 Å². The molecule has 0 heterocycles. The van der Waals surface area contributed by atoms with E-state index in [0.717, 1.165) is 5.56 Å². The number of hydrogen-bond acceptors (Lipinski definition) is 3. The molecule has 27 heavy (non-hydrogen) atoms. The Hall–Kier alpha value is -1.79. The lowest BCUT2D eigenvalue weighted by Crippen LogP contribution is -2.39. The van der Waals surface area contributed by atoms with Crippen molar-refractivity contribution in [1.29, 1.82) is 0 Å². The predicted molar refractivity (Wildman–Crippen MR) is 113 cm³/mol. The summed E-state index contributed by atoms with van der Waals surface area (Å²) in [6, 6.07) is 13.9.